The molecule has 4 rings (SSSR count). The van der Waals surface area contributed by atoms with Crippen molar-refractivity contribution >= 4 is 28.6 Å². The number of benzene rings is 2. The van der Waals surface area contributed by atoms with Gasteiger partial charge in [-0.15, -0.1) is 11.3 Å². The average Bonchev–Trinajstić information content (AvgIpc) is 3.06. The molecule has 0 aliphatic carbocycles. The SMILES string of the molecule is Nc1cc(-c2nc(-c3ccc4c(c3)NC(=O)CO4)cs2)ccc1O. The number of aromatic hydroxyl groups is 1. The van der Waals surface area contributed by atoms with Gasteiger partial charge in [-0.3, -0.25) is 4.79 Å². The Labute approximate surface area is 141 Å². The summed E-state index contributed by atoms with van der Waals surface area (Å²) < 4.78 is 5.36. The van der Waals surface area contributed by atoms with E-state index in [0.717, 1.165) is 21.8 Å². The number of amides is 1. The number of nitrogens with two attached hydrogens (primary N) is 1. The first kappa shape index (κ1) is 14.5. The lowest BCUT2D eigenvalue weighted by Crippen LogP contribution is -2.25. The van der Waals surface area contributed by atoms with Crippen LogP contribution in [0.5, 0.6) is 11.5 Å². The van der Waals surface area contributed by atoms with Gasteiger partial charge in [0.15, 0.2) is 6.61 Å². The number of carbonyl (C=O) groups excluding carboxylic acids is 1. The van der Waals surface area contributed by atoms with Crippen molar-refractivity contribution < 1.29 is 14.6 Å². The molecule has 0 atom stereocenters. The third-order valence-electron chi connectivity index (χ3n) is 3.69. The largest absolute Gasteiger partial charge is 0.506 e. The van der Waals surface area contributed by atoms with Gasteiger partial charge in [0.2, 0.25) is 0 Å². The van der Waals surface area contributed by atoms with Crippen LogP contribution in [0.25, 0.3) is 21.8 Å². The first-order chi connectivity index (χ1) is 11.6. The van der Waals surface area contributed by atoms with Crippen molar-refractivity contribution in [3.8, 4) is 33.3 Å². The average molecular weight is 339 g/mol. The van der Waals surface area contributed by atoms with Crippen LogP contribution in [0.15, 0.2) is 41.8 Å². The molecule has 7 heteroatoms. The maximum absolute atomic E-state index is 11.4. The third-order valence-corrected chi connectivity index (χ3v) is 4.58. The molecule has 0 unspecified atom stereocenters. The van der Waals surface area contributed by atoms with Gasteiger partial charge in [-0.25, -0.2) is 4.98 Å². The fourth-order valence-electron chi connectivity index (χ4n) is 2.47. The Bertz CT molecular complexity index is 952. The van der Waals surface area contributed by atoms with E-state index >= 15 is 0 Å². The van der Waals surface area contributed by atoms with E-state index in [1.165, 1.54) is 11.3 Å². The Hall–Kier alpha value is -3.06. The van der Waals surface area contributed by atoms with E-state index in [-0.39, 0.29) is 18.3 Å². The van der Waals surface area contributed by atoms with Gasteiger partial charge in [0.05, 0.1) is 17.1 Å². The van der Waals surface area contributed by atoms with Gasteiger partial charge >= 0.3 is 0 Å². The van der Waals surface area contributed by atoms with Crippen molar-refractivity contribution in [2.75, 3.05) is 17.7 Å². The summed E-state index contributed by atoms with van der Waals surface area (Å²) in [6.07, 6.45) is 0. The zero-order valence-corrected chi connectivity index (χ0v) is 13.3. The van der Waals surface area contributed by atoms with Crippen LogP contribution in [0, 0.1) is 0 Å². The monoisotopic (exact) mass is 339 g/mol. The molecule has 0 spiro atoms. The van der Waals surface area contributed by atoms with E-state index in [4.69, 9.17) is 10.5 Å². The fraction of sp³-hybridized carbons (Fsp3) is 0.0588. The molecule has 1 aliphatic heterocycles. The summed E-state index contributed by atoms with van der Waals surface area (Å²) in [5.41, 5.74) is 9.22. The number of phenols is 1. The van der Waals surface area contributed by atoms with Crippen LogP contribution in [-0.2, 0) is 4.79 Å². The Balaban J connectivity index is 1.69. The Morgan fingerprint density at radius 1 is 1.21 bits per heavy atom. The number of nitrogens with one attached hydrogen (secondary N) is 1. The molecule has 2 heterocycles. The normalized spacial score (nSPS) is 13.1. The van der Waals surface area contributed by atoms with Gasteiger partial charge in [0.1, 0.15) is 16.5 Å². The smallest absolute Gasteiger partial charge is 0.262 e. The number of aromatic nitrogens is 1. The summed E-state index contributed by atoms with van der Waals surface area (Å²) in [5, 5.41) is 15.0. The lowest BCUT2D eigenvalue weighted by molar-refractivity contribution is -0.118. The van der Waals surface area contributed by atoms with Gasteiger partial charge < -0.3 is 20.9 Å². The van der Waals surface area contributed by atoms with Crippen LogP contribution < -0.4 is 15.8 Å². The van der Waals surface area contributed by atoms with Gasteiger partial charge in [-0.2, -0.15) is 0 Å². The highest BCUT2D eigenvalue weighted by molar-refractivity contribution is 7.13. The number of rotatable bonds is 2. The van der Waals surface area contributed by atoms with Crippen LogP contribution in [0.1, 0.15) is 0 Å². The highest BCUT2D eigenvalue weighted by atomic mass is 32.1. The zero-order chi connectivity index (χ0) is 16.7. The maximum atomic E-state index is 11.4. The van der Waals surface area contributed by atoms with Gasteiger partial charge in [0.25, 0.3) is 5.91 Å². The van der Waals surface area contributed by atoms with E-state index in [9.17, 15) is 9.90 Å². The third kappa shape index (κ3) is 2.55. The predicted octanol–water partition coefficient (Wildman–Crippen LogP) is 3.10. The van der Waals surface area contributed by atoms with Crippen molar-refractivity contribution in [3.63, 3.8) is 0 Å². The molecular weight excluding hydrogens is 326 g/mol. The minimum atomic E-state index is -0.168. The van der Waals surface area contributed by atoms with Crippen molar-refractivity contribution in [2.24, 2.45) is 0 Å². The van der Waals surface area contributed by atoms with Crippen molar-refractivity contribution in [3.05, 3.63) is 41.8 Å². The van der Waals surface area contributed by atoms with Crippen LogP contribution >= 0.6 is 11.3 Å². The summed E-state index contributed by atoms with van der Waals surface area (Å²) in [7, 11) is 0. The number of hydrogen-bond acceptors (Lipinski definition) is 6. The maximum Gasteiger partial charge on any atom is 0.262 e. The summed E-state index contributed by atoms with van der Waals surface area (Å²) in [4.78, 5) is 16.1. The number of nitrogen functional groups attached to an aromatic ring is 1. The number of phenolic OH excluding ortho intramolecular Hbond substituents is 1. The molecule has 0 saturated carbocycles. The number of thiazole rings is 1. The molecule has 0 saturated heterocycles. The highest BCUT2D eigenvalue weighted by Gasteiger charge is 2.17. The number of hydrogen-bond donors (Lipinski definition) is 3. The number of anilines is 2. The predicted molar refractivity (Wildman–Crippen MR) is 93.2 cm³/mol. The lowest BCUT2D eigenvalue weighted by atomic mass is 10.1. The first-order valence-electron chi connectivity index (χ1n) is 7.21. The molecule has 0 radical (unpaired) electrons. The molecule has 4 N–H and O–H groups in total. The standard InChI is InChI=1S/C17H13N3O3S/c18-11-5-10(1-3-14(11)21)17-20-13(8-24-17)9-2-4-15-12(6-9)19-16(22)7-23-15/h1-6,8,21H,7,18H2,(H,19,22). The van der Waals surface area contributed by atoms with Crippen molar-refractivity contribution in [1.82, 2.24) is 4.98 Å². The highest BCUT2D eigenvalue weighted by Crippen LogP contribution is 2.35. The van der Waals surface area contributed by atoms with Crippen LogP contribution in [0.3, 0.4) is 0 Å². The molecule has 0 fully saturated rings. The summed E-state index contributed by atoms with van der Waals surface area (Å²) in [6.45, 7) is 0.0372. The number of ether oxygens (including phenoxy) is 1. The summed E-state index contributed by atoms with van der Waals surface area (Å²) >= 11 is 1.48. The fourth-order valence-corrected chi connectivity index (χ4v) is 3.30. The topological polar surface area (TPSA) is 97.5 Å². The number of fused-ring (bicyclic) bond motifs is 1. The molecule has 6 nitrogen and oxygen atoms in total. The molecule has 1 aliphatic rings. The van der Waals surface area contributed by atoms with Gasteiger partial charge in [-0.1, -0.05) is 0 Å². The molecule has 0 bridgehead atoms. The van der Waals surface area contributed by atoms with Crippen LogP contribution in [0.2, 0.25) is 0 Å². The van der Waals surface area contributed by atoms with E-state index in [2.05, 4.69) is 10.3 Å². The molecular formula is C17H13N3O3S. The summed E-state index contributed by atoms with van der Waals surface area (Å²) in [6, 6.07) is 10.6. The summed E-state index contributed by atoms with van der Waals surface area (Å²) in [5.74, 6) is 0.541. The zero-order valence-electron chi connectivity index (χ0n) is 12.4. The Morgan fingerprint density at radius 2 is 2.04 bits per heavy atom. The molecule has 3 aromatic rings. The molecule has 120 valence electrons. The van der Waals surface area contributed by atoms with Crippen molar-refractivity contribution in [2.45, 2.75) is 0 Å². The van der Waals surface area contributed by atoms with Crippen molar-refractivity contribution in [1.29, 1.82) is 0 Å². The number of carbonyl (C=O) groups is 1. The second-order valence-electron chi connectivity index (χ2n) is 5.36. The van der Waals surface area contributed by atoms with Crippen LogP contribution in [-0.4, -0.2) is 22.6 Å². The molecule has 1 amide bonds. The van der Waals surface area contributed by atoms with Crippen LogP contribution in [0.4, 0.5) is 11.4 Å². The lowest BCUT2D eigenvalue weighted by Gasteiger charge is -2.18. The second kappa shape index (κ2) is 5.54. The van der Waals surface area contributed by atoms with E-state index in [1.54, 1.807) is 18.2 Å². The molecule has 2 aromatic carbocycles. The van der Waals surface area contributed by atoms with E-state index in [0.29, 0.717) is 17.1 Å². The van der Waals surface area contributed by atoms with Gasteiger partial charge in [-0.05, 0) is 36.4 Å². The van der Waals surface area contributed by atoms with E-state index < -0.39 is 0 Å². The Kier molecular flexibility index (Phi) is 3.35. The second-order valence-corrected chi connectivity index (χ2v) is 6.22. The molecule has 24 heavy (non-hydrogen) atoms. The number of nitrogens with zero attached hydrogens (tertiary/aromatic N) is 1. The minimum absolute atomic E-state index is 0.0372. The Morgan fingerprint density at radius 3 is 2.88 bits per heavy atom. The quantitative estimate of drug-likeness (QED) is 0.492. The first-order valence-corrected chi connectivity index (χ1v) is 8.09. The van der Waals surface area contributed by atoms with Gasteiger partial charge in [0, 0.05) is 16.5 Å². The van der Waals surface area contributed by atoms with E-state index in [1.807, 2.05) is 23.6 Å². The minimum Gasteiger partial charge on any atom is -0.506 e. The molecule has 1 aromatic heterocycles.